The number of aliphatic hydroxyl groups is 1. The van der Waals surface area contributed by atoms with Crippen molar-refractivity contribution in [3.63, 3.8) is 0 Å². The lowest BCUT2D eigenvalue weighted by Gasteiger charge is -2.33. The first-order valence-corrected chi connectivity index (χ1v) is 5.54. The summed E-state index contributed by atoms with van der Waals surface area (Å²) in [5, 5.41) is 19.0. The second-order valence-corrected chi connectivity index (χ2v) is 3.97. The molecule has 2 N–H and O–H groups in total. The third-order valence-corrected chi connectivity index (χ3v) is 2.87. The fourth-order valence-electron chi connectivity index (χ4n) is 1.83. The Bertz CT molecular complexity index is 394. The van der Waals surface area contributed by atoms with Gasteiger partial charge in [0.2, 0.25) is 0 Å². The van der Waals surface area contributed by atoms with Crippen LogP contribution in [0, 0.1) is 0 Å². The van der Waals surface area contributed by atoms with Gasteiger partial charge in [0.25, 0.3) is 0 Å². The van der Waals surface area contributed by atoms with E-state index in [0.717, 1.165) is 4.90 Å². The summed E-state index contributed by atoms with van der Waals surface area (Å²) in [6, 6.07) is 0. The van der Waals surface area contributed by atoms with Crippen molar-refractivity contribution in [2.24, 2.45) is 0 Å². The molecular weight excluding hydrogens is 242 g/mol. The predicted octanol–water partition coefficient (Wildman–Crippen LogP) is -0.275. The second-order valence-electron chi connectivity index (χ2n) is 3.97. The van der Waals surface area contributed by atoms with Gasteiger partial charge in [-0.1, -0.05) is 0 Å². The standard InChI is InChI=1S/C10H15N3O5/c1-2-18-8(14)7(12-11)10(17)3-5-13(6-4-10)9(15)16/h17H,2-6H2,1H3,(H,15,16). The molecule has 1 saturated heterocycles. The number of carboxylic acid groups (broad SMARTS) is 1. The van der Waals surface area contributed by atoms with Crippen LogP contribution in [-0.2, 0) is 9.53 Å². The minimum atomic E-state index is -1.65. The zero-order valence-electron chi connectivity index (χ0n) is 10.00. The first kappa shape index (κ1) is 14.1. The van der Waals surface area contributed by atoms with Gasteiger partial charge in [-0.05, 0) is 6.92 Å². The number of hydrogen-bond acceptors (Lipinski definition) is 4. The van der Waals surface area contributed by atoms with Crippen molar-refractivity contribution in [3.05, 3.63) is 5.53 Å². The number of piperidine rings is 1. The van der Waals surface area contributed by atoms with E-state index in [9.17, 15) is 14.7 Å². The Morgan fingerprint density at radius 2 is 2.00 bits per heavy atom. The van der Waals surface area contributed by atoms with Crippen molar-refractivity contribution in [1.82, 2.24) is 4.90 Å². The lowest BCUT2D eigenvalue weighted by Crippen LogP contribution is -2.53. The Labute approximate surface area is 103 Å². The molecule has 0 aliphatic carbocycles. The van der Waals surface area contributed by atoms with E-state index in [-0.39, 0.29) is 32.5 Å². The summed E-state index contributed by atoms with van der Waals surface area (Å²) in [6.07, 6.45) is -1.12. The number of rotatable bonds is 3. The predicted molar refractivity (Wildman–Crippen MR) is 59.0 cm³/mol. The molecule has 100 valence electrons. The van der Waals surface area contributed by atoms with Crippen LogP contribution in [0.5, 0.6) is 0 Å². The minimum Gasteiger partial charge on any atom is -0.465 e. The van der Waals surface area contributed by atoms with Gasteiger partial charge in [0.1, 0.15) is 0 Å². The molecule has 1 fully saturated rings. The van der Waals surface area contributed by atoms with E-state index in [1.54, 1.807) is 6.92 Å². The molecule has 0 bridgehead atoms. The summed E-state index contributed by atoms with van der Waals surface area (Å²) in [7, 11) is 0. The van der Waals surface area contributed by atoms with Gasteiger partial charge in [0, 0.05) is 25.9 Å². The van der Waals surface area contributed by atoms with E-state index in [2.05, 4.69) is 9.53 Å². The van der Waals surface area contributed by atoms with Crippen LogP contribution in [-0.4, -0.2) is 63.0 Å². The van der Waals surface area contributed by atoms with Gasteiger partial charge in [0.15, 0.2) is 5.60 Å². The molecule has 0 aromatic rings. The molecule has 1 heterocycles. The van der Waals surface area contributed by atoms with E-state index in [1.165, 1.54) is 0 Å². The Morgan fingerprint density at radius 3 is 2.39 bits per heavy atom. The number of ether oxygens (including phenoxy) is 1. The first-order valence-electron chi connectivity index (χ1n) is 5.54. The number of nitrogens with zero attached hydrogens (tertiary/aromatic N) is 3. The molecule has 1 aliphatic rings. The summed E-state index contributed by atoms with van der Waals surface area (Å²) in [5.41, 5.74) is 6.69. The van der Waals surface area contributed by atoms with Crippen molar-refractivity contribution >= 4 is 17.8 Å². The van der Waals surface area contributed by atoms with Crippen molar-refractivity contribution in [1.29, 1.82) is 0 Å². The summed E-state index contributed by atoms with van der Waals surface area (Å²) in [4.78, 5) is 26.1. The summed E-state index contributed by atoms with van der Waals surface area (Å²) in [6.45, 7) is 1.80. The number of likely N-dealkylation sites (tertiary alicyclic amines) is 1. The van der Waals surface area contributed by atoms with Crippen LogP contribution in [0.1, 0.15) is 19.8 Å². The topological polar surface area (TPSA) is 123 Å². The van der Waals surface area contributed by atoms with Crippen LogP contribution in [0.15, 0.2) is 0 Å². The van der Waals surface area contributed by atoms with Gasteiger partial charge in [-0.15, -0.1) is 0 Å². The van der Waals surface area contributed by atoms with Crippen LogP contribution in [0.25, 0.3) is 5.53 Å². The molecule has 0 aromatic carbocycles. The Balaban J connectivity index is 2.79. The molecule has 0 radical (unpaired) electrons. The third-order valence-electron chi connectivity index (χ3n) is 2.87. The minimum absolute atomic E-state index is 0.0164. The number of hydrogen-bond donors (Lipinski definition) is 2. The summed E-state index contributed by atoms with van der Waals surface area (Å²) in [5.74, 6) is -0.897. The van der Waals surface area contributed by atoms with Crippen LogP contribution in [0.2, 0.25) is 0 Å². The zero-order chi connectivity index (χ0) is 13.8. The highest BCUT2D eigenvalue weighted by Gasteiger charge is 2.48. The van der Waals surface area contributed by atoms with Gasteiger partial charge in [-0.3, -0.25) is 0 Å². The van der Waals surface area contributed by atoms with Crippen molar-refractivity contribution in [3.8, 4) is 0 Å². The molecule has 8 heteroatoms. The highest BCUT2D eigenvalue weighted by molar-refractivity contribution is 6.37. The summed E-state index contributed by atoms with van der Waals surface area (Å²) >= 11 is 0. The maximum absolute atomic E-state index is 11.5. The normalized spacial score (nSPS) is 17.8. The fraction of sp³-hybridized carbons (Fsp3) is 0.700. The lowest BCUT2D eigenvalue weighted by molar-refractivity contribution is -0.144. The monoisotopic (exact) mass is 257 g/mol. The van der Waals surface area contributed by atoms with Crippen molar-refractivity contribution in [2.45, 2.75) is 25.4 Å². The molecule has 1 amide bonds. The van der Waals surface area contributed by atoms with Crippen LogP contribution in [0.4, 0.5) is 4.79 Å². The number of carbonyl (C=O) groups excluding carboxylic acids is 1. The quantitative estimate of drug-likeness (QED) is 0.311. The van der Waals surface area contributed by atoms with Crippen LogP contribution >= 0.6 is 0 Å². The van der Waals surface area contributed by atoms with E-state index in [0.29, 0.717) is 0 Å². The highest BCUT2D eigenvalue weighted by atomic mass is 16.5. The molecule has 8 nitrogen and oxygen atoms in total. The van der Waals surface area contributed by atoms with E-state index >= 15 is 0 Å². The second kappa shape index (κ2) is 5.61. The molecule has 18 heavy (non-hydrogen) atoms. The van der Waals surface area contributed by atoms with E-state index in [1.807, 2.05) is 0 Å². The Kier molecular flexibility index (Phi) is 4.41. The number of carbonyl (C=O) groups is 2. The Hall–Kier alpha value is -1.92. The highest BCUT2D eigenvalue weighted by Crippen LogP contribution is 2.23. The molecule has 1 rings (SSSR count). The smallest absolute Gasteiger partial charge is 0.420 e. The first-order chi connectivity index (χ1) is 8.44. The maximum atomic E-state index is 11.5. The Morgan fingerprint density at radius 1 is 1.44 bits per heavy atom. The van der Waals surface area contributed by atoms with E-state index in [4.69, 9.17) is 10.6 Å². The zero-order valence-corrected chi connectivity index (χ0v) is 10.00. The third kappa shape index (κ3) is 2.85. The molecule has 0 atom stereocenters. The average molecular weight is 257 g/mol. The molecule has 0 unspecified atom stereocenters. The fourth-order valence-corrected chi connectivity index (χ4v) is 1.83. The van der Waals surface area contributed by atoms with Crippen LogP contribution < -0.4 is 0 Å². The van der Waals surface area contributed by atoms with E-state index < -0.39 is 23.4 Å². The lowest BCUT2D eigenvalue weighted by atomic mass is 9.86. The maximum Gasteiger partial charge on any atom is 0.420 e. The molecule has 0 aromatic heterocycles. The molecule has 1 aliphatic heterocycles. The van der Waals surface area contributed by atoms with Gasteiger partial charge in [0.05, 0.1) is 6.61 Å². The number of amides is 1. The largest absolute Gasteiger partial charge is 0.465 e. The summed E-state index contributed by atoms with van der Waals surface area (Å²) < 4.78 is 4.67. The van der Waals surface area contributed by atoms with Crippen molar-refractivity contribution < 1.29 is 29.3 Å². The van der Waals surface area contributed by atoms with Gasteiger partial charge >= 0.3 is 17.8 Å². The van der Waals surface area contributed by atoms with Gasteiger partial charge in [-0.2, -0.15) is 4.79 Å². The molecule has 0 spiro atoms. The number of esters is 1. The molecule has 0 saturated carbocycles. The van der Waals surface area contributed by atoms with Gasteiger partial charge < -0.3 is 25.4 Å². The van der Waals surface area contributed by atoms with Crippen LogP contribution in [0.3, 0.4) is 0 Å². The SMILES string of the molecule is CCOC(=O)C(=[N+]=[N-])C1(O)CCN(C(=O)O)CC1. The average Bonchev–Trinajstić information content (AvgIpc) is 2.30. The molecular formula is C10H15N3O5. The van der Waals surface area contributed by atoms with Crippen molar-refractivity contribution in [2.75, 3.05) is 19.7 Å². The van der Waals surface area contributed by atoms with Gasteiger partial charge in [-0.25, -0.2) is 9.59 Å².